The third-order valence-corrected chi connectivity index (χ3v) is 4.07. The Bertz CT molecular complexity index is 507. The van der Waals surface area contributed by atoms with Crippen LogP contribution in [0.15, 0.2) is 6.07 Å². The predicted octanol–water partition coefficient (Wildman–Crippen LogP) is 1.91. The molecule has 0 atom stereocenters. The van der Waals surface area contributed by atoms with E-state index in [9.17, 15) is 4.79 Å². The van der Waals surface area contributed by atoms with Gasteiger partial charge in [-0.1, -0.05) is 0 Å². The molecule has 4 heteroatoms. The Labute approximate surface area is 106 Å². The number of carboxylic acids is 1. The molecular weight excluding hydrogens is 228 g/mol. The minimum Gasteiger partial charge on any atom is -0.477 e. The van der Waals surface area contributed by atoms with Gasteiger partial charge < -0.3 is 10.4 Å². The molecule has 0 spiro atoms. The monoisotopic (exact) mass is 246 g/mol. The lowest BCUT2D eigenvalue weighted by atomic mass is 10.1. The maximum absolute atomic E-state index is 11.1. The van der Waals surface area contributed by atoms with Gasteiger partial charge in [0.15, 0.2) is 0 Å². The van der Waals surface area contributed by atoms with Crippen LogP contribution in [0.5, 0.6) is 0 Å². The number of aromatic nitrogens is 1. The fourth-order valence-electron chi connectivity index (χ4n) is 2.57. The largest absolute Gasteiger partial charge is 0.477 e. The predicted molar refractivity (Wildman–Crippen MR) is 67.7 cm³/mol. The van der Waals surface area contributed by atoms with Crippen molar-refractivity contribution < 1.29 is 9.90 Å². The van der Waals surface area contributed by atoms with Crippen LogP contribution >= 0.6 is 0 Å². The maximum Gasteiger partial charge on any atom is 0.354 e. The summed E-state index contributed by atoms with van der Waals surface area (Å²) in [6, 6.07) is 1.74. The molecule has 4 nitrogen and oxygen atoms in total. The summed E-state index contributed by atoms with van der Waals surface area (Å²) in [4.78, 5) is 15.3. The molecule has 1 aromatic heterocycles. The zero-order valence-corrected chi connectivity index (χ0v) is 10.6. The van der Waals surface area contributed by atoms with Crippen LogP contribution in [0.2, 0.25) is 0 Å². The van der Waals surface area contributed by atoms with E-state index in [1.165, 1.54) is 18.4 Å². The molecule has 2 aliphatic carbocycles. The van der Waals surface area contributed by atoms with Gasteiger partial charge >= 0.3 is 5.97 Å². The van der Waals surface area contributed by atoms with Gasteiger partial charge in [0.2, 0.25) is 0 Å². The zero-order chi connectivity index (χ0) is 12.8. The molecule has 0 bridgehead atoms. The van der Waals surface area contributed by atoms with Crippen molar-refractivity contribution in [3.05, 3.63) is 28.6 Å². The summed E-state index contributed by atoms with van der Waals surface area (Å²) in [5.74, 6) is -0.927. The van der Waals surface area contributed by atoms with E-state index in [1.807, 2.05) is 0 Å². The molecule has 0 aromatic carbocycles. The molecule has 0 aliphatic heterocycles. The van der Waals surface area contributed by atoms with Gasteiger partial charge in [0.25, 0.3) is 0 Å². The van der Waals surface area contributed by atoms with E-state index in [4.69, 9.17) is 5.11 Å². The Morgan fingerprint density at radius 1 is 1.50 bits per heavy atom. The summed E-state index contributed by atoms with van der Waals surface area (Å²) >= 11 is 0. The van der Waals surface area contributed by atoms with Gasteiger partial charge in [-0.3, -0.25) is 0 Å². The lowest BCUT2D eigenvalue weighted by Crippen LogP contribution is -2.27. The number of aryl methyl sites for hydroxylation is 1. The normalized spacial score (nSPS) is 19.6. The molecule has 0 saturated heterocycles. The highest BCUT2D eigenvalue weighted by Gasteiger charge is 2.36. The van der Waals surface area contributed by atoms with Crippen LogP contribution in [0, 0.1) is 0 Å². The van der Waals surface area contributed by atoms with E-state index < -0.39 is 5.97 Å². The van der Waals surface area contributed by atoms with E-state index >= 15 is 0 Å². The topological polar surface area (TPSA) is 62.2 Å². The highest BCUT2D eigenvalue weighted by atomic mass is 16.4. The minimum atomic E-state index is -0.927. The highest BCUT2D eigenvalue weighted by Crippen LogP contribution is 2.35. The van der Waals surface area contributed by atoms with Gasteiger partial charge in [-0.2, -0.15) is 0 Å². The van der Waals surface area contributed by atoms with E-state index in [0.29, 0.717) is 0 Å². The molecule has 2 N–H and O–H groups in total. The summed E-state index contributed by atoms with van der Waals surface area (Å²) in [5.41, 5.74) is 3.86. The molecule has 96 valence electrons. The number of carbonyl (C=O) groups is 1. The Morgan fingerprint density at radius 3 is 2.94 bits per heavy atom. The van der Waals surface area contributed by atoms with Crippen molar-refractivity contribution in [2.75, 3.05) is 0 Å². The standard InChI is InChI=1S/C14H18N2O2/c1-14(5-6-14)15-8-9-7-12(13(17)18)16-11-4-2-3-10(9)11/h7,15H,2-6,8H2,1H3,(H,17,18). The van der Waals surface area contributed by atoms with Crippen LogP contribution in [0.25, 0.3) is 0 Å². The summed E-state index contributed by atoms with van der Waals surface area (Å²) in [6.45, 7) is 2.98. The SMILES string of the molecule is CC1(NCc2cc(C(=O)O)nc3c2CCC3)CC1. The van der Waals surface area contributed by atoms with E-state index in [0.717, 1.165) is 37.1 Å². The Kier molecular flexibility index (Phi) is 2.63. The number of rotatable bonds is 4. The molecule has 3 rings (SSSR count). The number of fused-ring (bicyclic) bond motifs is 1. The van der Waals surface area contributed by atoms with Gasteiger partial charge in [-0.05, 0) is 56.2 Å². The summed E-state index contributed by atoms with van der Waals surface area (Å²) in [5, 5.41) is 12.6. The quantitative estimate of drug-likeness (QED) is 0.852. The van der Waals surface area contributed by atoms with Gasteiger partial charge in [0.05, 0.1) is 0 Å². The van der Waals surface area contributed by atoms with Crippen LogP contribution in [-0.2, 0) is 19.4 Å². The van der Waals surface area contributed by atoms with Gasteiger partial charge in [0, 0.05) is 17.8 Å². The molecule has 1 heterocycles. The fourth-order valence-corrected chi connectivity index (χ4v) is 2.57. The second-order valence-corrected chi connectivity index (χ2v) is 5.66. The van der Waals surface area contributed by atoms with E-state index in [-0.39, 0.29) is 11.2 Å². The highest BCUT2D eigenvalue weighted by molar-refractivity contribution is 5.85. The van der Waals surface area contributed by atoms with Crippen molar-refractivity contribution >= 4 is 5.97 Å². The Hall–Kier alpha value is -1.42. The molecular formula is C14H18N2O2. The molecule has 1 fully saturated rings. The number of carboxylic acid groups (broad SMARTS) is 1. The Morgan fingerprint density at radius 2 is 2.28 bits per heavy atom. The summed E-state index contributed by atoms with van der Waals surface area (Å²) < 4.78 is 0. The zero-order valence-electron chi connectivity index (χ0n) is 10.6. The summed E-state index contributed by atoms with van der Waals surface area (Å²) in [6.07, 6.45) is 5.48. The van der Waals surface area contributed by atoms with Crippen molar-refractivity contribution in [3.8, 4) is 0 Å². The molecule has 1 aromatic rings. The average Bonchev–Trinajstić information content (AvgIpc) is 2.90. The van der Waals surface area contributed by atoms with Gasteiger partial charge in [-0.15, -0.1) is 0 Å². The van der Waals surface area contributed by atoms with Crippen molar-refractivity contribution in [2.45, 2.75) is 51.1 Å². The molecule has 1 saturated carbocycles. The third kappa shape index (κ3) is 2.12. The maximum atomic E-state index is 11.1. The number of aromatic carboxylic acids is 1. The minimum absolute atomic E-state index is 0.188. The molecule has 0 unspecified atom stereocenters. The lowest BCUT2D eigenvalue weighted by Gasteiger charge is -2.14. The van der Waals surface area contributed by atoms with Crippen LogP contribution < -0.4 is 5.32 Å². The number of hydrogen-bond donors (Lipinski definition) is 2. The smallest absolute Gasteiger partial charge is 0.354 e. The van der Waals surface area contributed by atoms with Crippen LogP contribution in [0.3, 0.4) is 0 Å². The second-order valence-electron chi connectivity index (χ2n) is 5.66. The number of pyridine rings is 1. The van der Waals surface area contributed by atoms with Gasteiger partial charge in [-0.25, -0.2) is 9.78 Å². The first kappa shape index (κ1) is 11.7. The van der Waals surface area contributed by atoms with Crippen molar-refractivity contribution in [1.82, 2.24) is 10.3 Å². The second kappa shape index (κ2) is 4.05. The number of nitrogens with zero attached hydrogens (tertiary/aromatic N) is 1. The first-order valence-electron chi connectivity index (χ1n) is 6.57. The Balaban J connectivity index is 1.88. The molecule has 0 radical (unpaired) electrons. The molecule has 2 aliphatic rings. The van der Waals surface area contributed by atoms with Crippen molar-refractivity contribution in [1.29, 1.82) is 0 Å². The van der Waals surface area contributed by atoms with Crippen LogP contribution in [0.1, 0.15) is 53.5 Å². The van der Waals surface area contributed by atoms with E-state index in [2.05, 4.69) is 17.2 Å². The third-order valence-electron chi connectivity index (χ3n) is 4.07. The average molecular weight is 246 g/mol. The van der Waals surface area contributed by atoms with Crippen molar-refractivity contribution in [2.24, 2.45) is 0 Å². The van der Waals surface area contributed by atoms with Gasteiger partial charge in [0.1, 0.15) is 5.69 Å². The first-order chi connectivity index (χ1) is 8.57. The summed E-state index contributed by atoms with van der Waals surface area (Å²) in [7, 11) is 0. The lowest BCUT2D eigenvalue weighted by molar-refractivity contribution is 0.0690. The fraction of sp³-hybridized carbons (Fsp3) is 0.571. The molecule has 0 amide bonds. The van der Waals surface area contributed by atoms with Crippen molar-refractivity contribution in [3.63, 3.8) is 0 Å². The molecule has 18 heavy (non-hydrogen) atoms. The first-order valence-corrected chi connectivity index (χ1v) is 6.57. The van der Waals surface area contributed by atoms with Crippen LogP contribution in [0.4, 0.5) is 0 Å². The van der Waals surface area contributed by atoms with Crippen LogP contribution in [-0.4, -0.2) is 21.6 Å². The number of hydrogen-bond acceptors (Lipinski definition) is 3. The number of nitrogens with one attached hydrogen (secondary N) is 1. The van der Waals surface area contributed by atoms with E-state index in [1.54, 1.807) is 6.07 Å².